The summed E-state index contributed by atoms with van der Waals surface area (Å²) in [6.07, 6.45) is 2.79. The van der Waals surface area contributed by atoms with E-state index in [0.717, 1.165) is 32.4 Å². The third kappa shape index (κ3) is 6.00. The van der Waals surface area contributed by atoms with Gasteiger partial charge in [-0.3, -0.25) is 24.2 Å². The van der Waals surface area contributed by atoms with Gasteiger partial charge in [-0.15, -0.1) is 0 Å². The topological polar surface area (TPSA) is 141 Å². The van der Waals surface area contributed by atoms with Crippen molar-refractivity contribution in [2.24, 2.45) is 10.8 Å². The predicted molar refractivity (Wildman–Crippen MR) is 131 cm³/mol. The first kappa shape index (κ1) is 30.4. The monoisotopic (exact) mass is 532 g/mol. The molecule has 206 valence electrons. The SMILES string of the molecule is COC(=O)C1(C(=O)OC)C=CC(C(=O)c2ccccc2)=CC1(C(=O)OOC(C)(C)C)C(=O)OOC(C)(C)C. The Morgan fingerprint density at radius 1 is 0.658 bits per heavy atom. The van der Waals surface area contributed by atoms with Gasteiger partial charge in [-0.1, -0.05) is 42.5 Å². The van der Waals surface area contributed by atoms with Gasteiger partial charge in [0.15, 0.2) is 5.78 Å². The highest BCUT2D eigenvalue weighted by Gasteiger charge is 2.73. The number of carbonyl (C=O) groups is 5. The number of Topliss-reactive ketones (excluding diaryl/α,β-unsaturated/α-hetero) is 1. The van der Waals surface area contributed by atoms with Crippen molar-refractivity contribution in [1.82, 2.24) is 0 Å². The van der Waals surface area contributed by atoms with Crippen molar-refractivity contribution in [2.75, 3.05) is 14.2 Å². The molecule has 38 heavy (non-hydrogen) atoms. The molecule has 0 amide bonds. The molecule has 11 heteroatoms. The Morgan fingerprint density at radius 2 is 1.11 bits per heavy atom. The fourth-order valence-corrected chi connectivity index (χ4v) is 3.48. The molecule has 0 saturated heterocycles. The van der Waals surface area contributed by atoms with E-state index in [1.165, 1.54) is 12.1 Å². The maximum atomic E-state index is 13.8. The van der Waals surface area contributed by atoms with Crippen molar-refractivity contribution in [3.8, 4) is 0 Å². The molecule has 0 aromatic heterocycles. The number of ketones is 1. The van der Waals surface area contributed by atoms with Gasteiger partial charge in [-0.25, -0.2) is 9.59 Å². The lowest BCUT2D eigenvalue weighted by atomic mass is 9.59. The molecule has 1 aliphatic rings. The Morgan fingerprint density at radius 3 is 1.50 bits per heavy atom. The minimum atomic E-state index is -3.02. The maximum absolute atomic E-state index is 13.8. The number of ether oxygens (including phenoxy) is 2. The molecule has 1 aliphatic carbocycles. The Labute approximate surface area is 220 Å². The van der Waals surface area contributed by atoms with Crippen molar-refractivity contribution in [3.63, 3.8) is 0 Å². The van der Waals surface area contributed by atoms with E-state index < -0.39 is 51.7 Å². The van der Waals surface area contributed by atoms with E-state index in [0.29, 0.717) is 0 Å². The number of methoxy groups -OCH3 is 2. The third-order valence-electron chi connectivity index (χ3n) is 5.20. The van der Waals surface area contributed by atoms with E-state index in [1.54, 1.807) is 59.7 Å². The van der Waals surface area contributed by atoms with Crippen LogP contribution in [0, 0.1) is 10.8 Å². The van der Waals surface area contributed by atoms with Crippen LogP contribution in [0.4, 0.5) is 0 Å². The summed E-state index contributed by atoms with van der Waals surface area (Å²) >= 11 is 0. The van der Waals surface area contributed by atoms with Crippen LogP contribution in [0.15, 0.2) is 54.1 Å². The molecular weight excluding hydrogens is 500 g/mol. The normalized spacial score (nSPS) is 16.1. The van der Waals surface area contributed by atoms with Gasteiger partial charge in [-0.05, 0) is 47.6 Å². The molecule has 0 spiro atoms. The lowest BCUT2D eigenvalue weighted by Crippen LogP contribution is -2.62. The number of hydrogen-bond donors (Lipinski definition) is 0. The van der Waals surface area contributed by atoms with Gasteiger partial charge in [0.05, 0.1) is 14.2 Å². The van der Waals surface area contributed by atoms with Crippen molar-refractivity contribution >= 4 is 29.7 Å². The summed E-state index contributed by atoms with van der Waals surface area (Å²) < 4.78 is 9.68. The summed E-state index contributed by atoms with van der Waals surface area (Å²) in [5.74, 6) is -6.50. The molecule has 0 N–H and O–H groups in total. The van der Waals surface area contributed by atoms with Crippen molar-refractivity contribution in [1.29, 1.82) is 0 Å². The fraction of sp³-hybridized carbons (Fsp3) is 0.444. The minimum absolute atomic E-state index is 0.194. The highest BCUT2D eigenvalue weighted by molar-refractivity contribution is 6.20. The molecular formula is C27H32O11. The zero-order valence-electron chi connectivity index (χ0n) is 22.6. The minimum Gasteiger partial charge on any atom is -0.468 e. The molecule has 0 unspecified atom stereocenters. The molecule has 0 radical (unpaired) electrons. The van der Waals surface area contributed by atoms with Crippen LogP contribution in [0.3, 0.4) is 0 Å². The Bertz CT molecular complexity index is 1100. The third-order valence-corrected chi connectivity index (χ3v) is 5.20. The van der Waals surface area contributed by atoms with Gasteiger partial charge in [0, 0.05) is 11.1 Å². The van der Waals surface area contributed by atoms with E-state index in [4.69, 9.17) is 29.0 Å². The van der Waals surface area contributed by atoms with Gasteiger partial charge in [-0.2, -0.15) is 9.78 Å². The van der Waals surface area contributed by atoms with E-state index >= 15 is 0 Å². The van der Waals surface area contributed by atoms with Crippen LogP contribution in [0.25, 0.3) is 0 Å². The van der Waals surface area contributed by atoms with Crippen LogP contribution in [0.2, 0.25) is 0 Å². The van der Waals surface area contributed by atoms with Gasteiger partial charge in [0.25, 0.3) is 0 Å². The molecule has 1 aromatic rings. The number of allylic oxidation sites excluding steroid dienone is 2. The largest absolute Gasteiger partial charge is 0.468 e. The van der Waals surface area contributed by atoms with Crippen molar-refractivity contribution in [2.45, 2.75) is 52.7 Å². The van der Waals surface area contributed by atoms with Crippen LogP contribution < -0.4 is 0 Å². The second kappa shape index (κ2) is 11.3. The molecule has 0 saturated carbocycles. The summed E-state index contributed by atoms with van der Waals surface area (Å²) in [6, 6.07) is 7.91. The van der Waals surface area contributed by atoms with E-state index in [2.05, 4.69) is 0 Å². The molecule has 11 nitrogen and oxygen atoms in total. The molecule has 0 bridgehead atoms. The Hall–Kier alpha value is -3.83. The average Bonchev–Trinajstić information content (AvgIpc) is 2.87. The van der Waals surface area contributed by atoms with Crippen LogP contribution >= 0.6 is 0 Å². The van der Waals surface area contributed by atoms with Gasteiger partial charge >= 0.3 is 23.9 Å². The highest BCUT2D eigenvalue weighted by Crippen LogP contribution is 2.50. The average molecular weight is 533 g/mol. The van der Waals surface area contributed by atoms with Gasteiger partial charge < -0.3 is 9.47 Å². The molecule has 0 heterocycles. The molecule has 0 aliphatic heterocycles. The zero-order valence-corrected chi connectivity index (χ0v) is 22.6. The van der Waals surface area contributed by atoms with Crippen molar-refractivity contribution < 1.29 is 53.0 Å². The fourth-order valence-electron chi connectivity index (χ4n) is 3.48. The van der Waals surface area contributed by atoms with Crippen LogP contribution in [0.5, 0.6) is 0 Å². The van der Waals surface area contributed by atoms with Gasteiger partial charge in [0.2, 0.25) is 10.8 Å². The molecule has 0 fully saturated rings. The maximum Gasteiger partial charge on any atom is 0.365 e. The summed E-state index contributed by atoms with van der Waals surface area (Å²) in [7, 11) is 1.88. The Balaban J connectivity index is 2.92. The number of hydrogen-bond acceptors (Lipinski definition) is 11. The number of benzene rings is 1. The van der Waals surface area contributed by atoms with Crippen molar-refractivity contribution in [3.05, 3.63) is 59.7 Å². The first-order chi connectivity index (χ1) is 17.6. The first-order valence-electron chi connectivity index (χ1n) is 11.5. The van der Waals surface area contributed by atoms with Crippen LogP contribution in [0.1, 0.15) is 51.9 Å². The van der Waals surface area contributed by atoms with Crippen LogP contribution in [-0.2, 0) is 48.2 Å². The van der Waals surface area contributed by atoms with Gasteiger partial charge in [0.1, 0.15) is 11.2 Å². The lowest BCUT2D eigenvalue weighted by Gasteiger charge is -2.40. The summed E-state index contributed by atoms with van der Waals surface area (Å²) in [5.41, 5.74) is -8.02. The standard InChI is InChI=1S/C27H32O11/c1-24(2,3)37-35-22(31)27(23(32)36-38-25(4,5)6)16-18(19(28)17-12-10-9-11-13-17)14-15-26(27,20(29)33-7)21(30)34-8/h9-16H,1-8H3. The lowest BCUT2D eigenvalue weighted by molar-refractivity contribution is -0.340. The zero-order chi connectivity index (χ0) is 28.9. The summed E-state index contributed by atoms with van der Waals surface area (Å²) in [6.45, 7) is 9.27. The number of rotatable bonds is 8. The van der Waals surface area contributed by atoms with E-state index in [9.17, 15) is 24.0 Å². The summed E-state index contributed by atoms with van der Waals surface area (Å²) in [5, 5.41) is 0. The second-order valence-electron chi connectivity index (χ2n) is 10.4. The number of carbonyl (C=O) groups excluding carboxylic acids is 5. The predicted octanol–water partition coefficient (Wildman–Crippen LogP) is 3.23. The number of esters is 2. The summed E-state index contributed by atoms with van der Waals surface area (Å²) in [4.78, 5) is 87.7. The smallest absolute Gasteiger partial charge is 0.365 e. The molecule has 1 aromatic carbocycles. The highest BCUT2D eigenvalue weighted by atomic mass is 17.2. The first-order valence-corrected chi connectivity index (χ1v) is 11.5. The van der Waals surface area contributed by atoms with Crippen LogP contribution in [-0.4, -0.2) is 55.1 Å². The molecule has 0 atom stereocenters. The molecule has 2 rings (SSSR count). The van der Waals surface area contributed by atoms with E-state index in [1.807, 2.05) is 0 Å². The Kier molecular flexibility index (Phi) is 9.02. The van der Waals surface area contributed by atoms with E-state index in [-0.39, 0.29) is 11.1 Å². The quantitative estimate of drug-likeness (QED) is 0.160. The second-order valence-corrected chi connectivity index (χ2v) is 10.4.